The molecule has 2 amide bonds. The second kappa shape index (κ2) is 6.53. The summed E-state index contributed by atoms with van der Waals surface area (Å²) in [6.07, 6.45) is -0.419. The van der Waals surface area contributed by atoms with Crippen molar-refractivity contribution in [2.24, 2.45) is 0 Å². The van der Waals surface area contributed by atoms with Gasteiger partial charge in [-0.15, -0.1) is 11.3 Å². The van der Waals surface area contributed by atoms with E-state index in [0.717, 1.165) is 10.4 Å². The van der Waals surface area contributed by atoms with Crippen LogP contribution in [0.3, 0.4) is 0 Å². The maximum absolute atomic E-state index is 11.5. The minimum Gasteiger partial charge on any atom is -0.481 e. The molecule has 0 bridgehead atoms. The summed E-state index contributed by atoms with van der Waals surface area (Å²) in [7, 11) is 0. The number of nitrogens with one attached hydrogen (secondary N) is 2. The topological polar surface area (TPSA) is 98.7 Å². The molecule has 6 nitrogen and oxygen atoms in total. The van der Waals surface area contributed by atoms with Crippen molar-refractivity contribution < 1.29 is 19.8 Å². The monoisotopic (exact) mass is 286 g/mol. The molecule has 4 N–H and O–H groups in total. The first kappa shape index (κ1) is 15.5. The first-order chi connectivity index (χ1) is 8.80. The molecule has 0 saturated carbocycles. The summed E-state index contributed by atoms with van der Waals surface area (Å²) >= 11 is 1.55. The summed E-state index contributed by atoms with van der Waals surface area (Å²) in [6.45, 7) is 3.62. The lowest BCUT2D eigenvalue weighted by Crippen LogP contribution is -2.45. The molecule has 0 spiro atoms. The standard InChI is InChI=1S/C12H18N2O4S/c1-8-3-4-19-9(8)6-13-11(17)14-7-12(2,18)5-10(15)16/h3-4,18H,5-7H2,1-2H3,(H,15,16)(H2,13,14,17). The van der Waals surface area contributed by atoms with E-state index in [1.54, 1.807) is 11.3 Å². The van der Waals surface area contributed by atoms with E-state index in [1.165, 1.54) is 6.92 Å². The van der Waals surface area contributed by atoms with E-state index < -0.39 is 24.0 Å². The summed E-state index contributed by atoms with van der Waals surface area (Å²) in [5, 5.41) is 25.3. The third-order valence-corrected chi connectivity index (χ3v) is 3.56. The van der Waals surface area contributed by atoms with Gasteiger partial charge in [-0.2, -0.15) is 0 Å². The Balaban J connectivity index is 2.32. The van der Waals surface area contributed by atoms with Crippen LogP contribution in [-0.4, -0.2) is 34.4 Å². The van der Waals surface area contributed by atoms with E-state index in [0.29, 0.717) is 6.54 Å². The number of aliphatic hydroxyl groups is 1. The van der Waals surface area contributed by atoms with Crippen molar-refractivity contribution in [3.8, 4) is 0 Å². The highest BCUT2D eigenvalue weighted by molar-refractivity contribution is 7.10. The minimum absolute atomic E-state index is 0.117. The smallest absolute Gasteiger partial charge is 0.315 e. The third kappa shape index (κ3) is 5.71. The number of carboxylic acids is 1. The molecule has 1 rings (SSSR count). The largest absolute Gasteiger partial charge is 0.481 e. The van der Waals surface area contributed by atoms with Crippen LogP contribution in [0.4, 0.5) is 4.79 Å². The second-order valence-corrected chi connectivity index (χ2v) is 5.63. The maximum atomic E-state index is 11.5. The van der Waals surface area contributed by atoms with Gasteiger partial charge in [0.2, 0.25) is 0 Å². The van der Waals surface area contributed by atoms with Gasteiger partial charge in [0, 0.05) is 11.4 Å². The number of carboxylic acid groups (broad SMARTS) is 1. The highest BCUT2D eigenvalue weighted by atomic mass is 32.1. The first-order valence-corrected chi connectivity index (χ1v) is 6.67. The number of carbonyl (C=O) groups is 2. The summed E-state index contributed by atoms with van der Waals surface area (Å²) in [5.41, 5.74) is -0.342. The number of hydrogen-bond donors (Lipinski definition) is 4. The Hall–Kier alpha value is -1.60. The quantitative estimate of drug-likeness (QED) is 0.629. The number of aryl methyl sites for hydroxylation is 1. The Labute approximate surface area is 115 Å². The molecule has 0 saturated heterocycles. The van der Waals surface area contributed by atoms with Crippen molar-refractivity contribution >= 4 is 23.3 Å². The normalized spacial score (nSPS) is 13.6. The van der Waals surface area contributed by atoms with Gasteiger partial charge < -0.3 is 20.8 Å². The van der Waals surface area contributed by atoms with Crippen LogP contribution in [0.25, 0.3) is 0 Å². The zero-order valence-corrected chi connectivity index (χ0v) is 11.7. The average molecular weight is 286 g/mol. The van der Waals surface area contributed by atoms with E-state index in [1.807, 2.05) is 18.4 Å². The molecule has 7 heteroatoms. The van der Waals surface area contributed by atoms with Crippen LogP contribution in [0.1, 0.15) is 23.8 Å². The molecule has 1 heterocycles. The van der Waals surface area contributed by atoms with Crippen LogP contribution in [0.5, 0.6) is 0 Å². The Morgan fingerprint density at radius 1 is 1.42 bits per heavy atom. The molecule has 0 aliphatic carbocycles. The van der Waals surface area contributed by atoms with Gasteiger partial charge in [0.05, 0.1) is 18.6 Å². The molecule has 0 fully saturated rings. The fourth-order valence-corrected chi connectivity index (χ4v) is 2.31. The van der Waals surface area contributed by atoms with E-state index in [2.05, 4.69) is 10.6 Å². The van der Waals surface area contributed by atoms with Crippen molar-refractivity contribution in [1.82, 2.24) is 10.6 Å². The van der Waals surface area contributed by atoms with Crippen molar-refractivity contribution in [1.29, 1.82) is 0 Å². The van der Waals surface area contributed by atoms with Gasteiger partial charge in [0.15, 0.2) is 0 Å². The number of aliphatic carboxylic acids is 1. The molecule has 1 atom stereocenters. The van der Waals surface area contributed by atoms with Crippen LogP contribution in [-0.2, 0) is 11.3 Å². The number of hydrogen-bond acceptors (Lipinski definition) is 4. The van der Waals surface area contributed by atoms with Gasteiger partial charge in [-0.25, -0.2) is 4.79 Å². The zero-order chi connectivity index (χ0) is 14.5. The Kier molecular flexibility index (Phi) is 5.31. The number of amides is 2. The van der Waals surface area contributed by atoms with Gasteiger partial charge in [-0.3, -0.25) is 4.79 Å². The zero-order valence-electron chi connectivity index (χ0n) is 10.9. The van der Waals surface area contributed by atoms with Crippen LogP contribution in [0, 0.1) is 6.92 Å². The lowest BCUT2D eigenvalue weighted by molar-refractivity contribution is -0.141. The summed E-state index contributed by atoms with van der Waals surface area (Å²) in [4.78, 5) is 23.1. The van der Waals surface area contributed by atoms with Gasteiger partial charge >= 0.3 is 12.0 Å². The molecule has 106 valence electrons. The van der Waals surface area contributed by atoms with Gasteiger partial charge in [-0.1, -0.05) is 0 Å². The molecule has 0 aliphatic heterocycles. The second-order valence-electron chi connectivity index (χ2n) is 4.63. The van der Waals surface area contributed by atoms with Crippen LogP contribution in [0.15, 0.2) is 11.4 Å². The van der Waals surface area contributed by atoms with Crippen molar-refractivity contribution in [2.45, 2.75) is 32.4 Å². The van der Waals surface area contributed by atoms with Crippen LogP contribution >= 0.6 is 11.3 Å². The van der Waals surface area contributed by atoms with Crippen molar-refractivity contribution in [2.75, 3.05) is 6.54 Å². The molecule has 1 aromatic rings. The highest BCUT2D eigenvalue weighted by Gasteiger charge is 2.24. The molecule has 0 aromatic carbocycles. The number of thiophene rings is 1. The predicted molar refractivity (Wildman–Crippen MR) is 72.2 cm³/mol. The third-order valence-electron chi connectivity index (χ3n) is 2.54. The minimum atomic E-state index is -1.46. The van der Waals surface area contributed by atoms with E-state index >= 15 is 0 Å². The summed E-state index contributed by atoms with van der Waals surface area (Å²) in [5.74, 6) is -1.11. The number of urea groups is 1. The first-order valence-electron chi connectivity index (χ1n) is 5.79. The predicted octanol–water partition coefficient (Wildman–Crippen LogP) is 1.08. The molecule has 1 unspecified atom stereocenters. The van der Waals surface area contributed by atoms with Crippen LogP contribution in [0.2, 0.25) is 0 Å². The lowest BCUT2D eigenvalue weighted by atomic mass is 10.0. The van der Waals surface area contributed by atoms with Crippen molar-refractivity contribution in [3.63, 3.8) is 0 Å². The van der Waals surface area contributed by atoms with Gasteiger partial charge in [0.1, 0.15) is 0 Å². The Morgan fingerprint density at radius 2 is 2.11 bits per heavy atom. The lowest BCUT2D eigenvalue weighted by Gasteiger charge is -2.21. The van der Waals surface area contributed by atoms with Crippen molar-refractivity contribution in [3.05, 3.63) is 21.9 Å². The number of rotatable bonds is 6. The van der Waals surface area contributed by atoms with Crippen LogP contribution < -0.4 is 10.6 Å². The summed E-state index contributed by atoms with van der Waals surface area (Å²) in [6, 6.07) is 1.54. The SMILES string of the molecule is Cc1ccsc1CNC(=O)NCC(C)(O)CC(=O)O. The van der Waals surface area contributed by atoms with E-state index in [4.69, 9.17) is 5.11 Å². The number of carbonyl (C=O) groups excluding carboxylic acids is 1. The molecule has 19 heavy (non-hydrogen) atoms. The fourth-order valence-electron chi connectivity index (χ4n) is 1.47. The maximum Gasteiger partial charge on any atom is 0.315 e. The van der Waals surface area contributed by atoms with Gasteiger partial charge in [-0.05, 0) is 30.9 Å². The van der Waals surface area contributed by atoms with E-state index in [-0.39, 0.29) is 6.54 Å². The van der Waals surface area contributed by atoms with E-state index in [9.17, 15) is 14.7 Å². The summed E-state index contributed by atoms with van der Waals surface area (Å²) < 4.78 is 0. The molecule has 0 radical (unpaired) electrons. The average Bonchev–Trinajstić information content (AvgIpc) is 2.68. The Bertz CT molecular complexity index is 456. The molecular weight excluding hydrogens is 268 g/mol. The Morgan fingerprint density at radius 3 is 2.63 bits per heavy atom. The molecule has 1 aromatic heterocycles. The fraction of sp³-hybridized carbons (Fsp3) is 0.500. The highest BCUT2D eigenvalue weighted by Crippen LogP contribution is 2.14. The molecule has 0 aliphatic rings. The van der Waals surface area contributed by atoms with Gasteiger partial charge in [0.25, 0.3) is 0 Å². The molecular formula is C12H18N2O4S.